The summed E-state index contributed by atoms with van der Waals surface area (Å²) in [6.07, 6.45) is 0.797. The van der Waals surface area contributed by atoms with Crippen LogP contribution >= 0.6 is 27.3 Å². The zero-order valence-corrected chi connectivity index (χ0v) is 17.3. The van der Waals surface area contributed by atoms with Crippen molar-refractivity contribution in [2.45, 2.75) is 19.9 Å². The van der Waals surface area contributed by atoms with E-state index in [4.69, 9.17) is 9.72 Å². The first kappa shape index (κ1) is 18.2. The van der Waals surface area contributed by atoms with Crippen molar-refractivity contribution >= 4 is 33.2 Å². The largest absolute Gasteiger partial charge is 0.494 e. The molecule has 4 nitrogen and oxygen atoms in total. The molecule has 2 aromatic carbocycles. The normalized spacial score (nSPS) is 13.3. The van der Waals surface area contributed by atoms with Gasteiger partial charge in [-0.15, -0.1) is 11.3 Å². The molecule has 1 aliphatic heterocycles. The molecule has 1 aliphatic rings. The van der Waals surface area contributed by atoms with E-state index in [1.54, 1.807) is 11.3 Å². The molecule has 0 radical (unpaired) electrons. The Labute approximate surface area is 170 Å². The zero-order valence-electron chi connectivity index (χ0n) is 14.9. The second kappa shape index (κ2) is 7.82. The summed E-state index contributed by atoms with van der Waals surface area (Å²) in [5, 5.41) is 1.00. The van der Waals surface area contributed by atoms with Crippen LogP contribution in [0.5, 0.6) is 5.75 Å². The fourth-order valence-electron chi connectivity index (χ4n) is 3.13. The Balaban J connectivity index is 1.52. The van der Waals surface area contributed by atoms with Gasteiger partial charge in [-0.1, -0.05) is 15.9 Å². The molecule has 0 fully saturated rings. The van der Waals surface area contributed by atoms with E-state index < -0.39 is 0 Å². The van der Waals surface area contributed by atoms with Crippen LogP contribution in [0.4, 0.5) is 0 Å². The van der Waals surface area contributed by atoms with Gasteiger partial charge in [-0.25, -0.2) is 4.98 Å². The summed E-state index contributed by atoms with van der Waals surface area (Å²) < 4.78 is 6.48. The number of thiazole rings is 1. The van der Waals surface area contributed by atoms with E-state index in [9.17, 15) is 4.79 Å². The minimum absolute atomic E-state index is 0.0733. The Bertz CT molecular complexity index is 951. The molecule has 0 bridgehead atoms. The van der Waals surface area contributed by atoms with E-state index in [0.29, 0.717) is 19.7 Å². The van der Waals surface area contributed by atoms with Gasteiger partial charge in [-0.3, -0.25) is 4.79 Å². The van der Waals surface area contributed by atoms with Gasteiger partial charge < -0.3 is 9.64 Å². The van der Waals surface area contributed by atoms with Gasteiger partial charge in [-0.05, 0) is 55.5 Å². The van der Waals surface area contributed by atoms with Crippen molar-refractivity contribution in [2.24, 2.45) is 0 Å². The van der Waals surface area contributed by atoms with E-state index in [1.807, 2.05) is 60.4 Å². The van der Waals surface area contributed by atoms with Crippen molar-refractivity contribution in [2.75, 3.05) is 13.2 Å². The number of fused-ring (bicyclic) bond motifs is 1. The number of hydrogen-bond acceptors (Lipinski definition) is 4. The van der Waals surface area contributed by atoms with Gasteiger partial charge in [0.2, 0.25) is 0 Å². The third-order valence-corrected chi connectivity index (χ3v) is 6.18. The van der Waals surface area contributed by atoms with Crippen LogP contribution in [-0.4, -0.2) is 28.9 Å². The number of benzene rings is 2. The third-order valence-electron chi connectivity index (χ3n) is 4.52. The van der Waals surface area contributed by atoms with Crippen molar-refractivity contribution in [1.29, 1.82) is 0 Å². The first-order valence-electron chi connectivity index (χ1n) is 8.90. The molecular formula is C21H19BrN2O2S. The highest BCUT2D eigenvalue weighted by Gasteiger charge is 2.25. The number of hydrogen-bond donors (Lipinski definition) is 0. The first-order chi connectivity index (χ1) is 13.1. The maximum absolute atomic E-state index is 12.8. The van der Waals surface area contributed by atoms with Gasteiger partial charge in [0.15, 0.2) is 0 Å². The van der Waals surface area contributed by atoms with Gasteiger partial charge in [-0.2, -0.15) is 0 Å². The SMILES string of the molecule is CCOc1ccc(-c2nc3c(s2)CN(C(=O)c2ccc(Br)cc2)CC3)cc1. The maximum Gasteiger partial charge on any atom is 0.254 e. The molecule has 3 aromatic rings. The van der Waals surface area contributed by atoms with E-state index in [-0.39, 0.29) is 5.91 Å². The molecule has 0 saturated carbocycles. The van der Waals surface area contributed by atoms with Crippen LogP contribution in [0.1, 0.15) is 27.9 Å². The van der Waals surface area contributed by atoms with Crippen LogP contribution in [0.25, 0.3) is 10.6 Å². The van der Waals surface area contributed by atoms with Gasteiger partial charge in [0, 0.05) is 33.4 Å². The summed E-state index contributed by atoms with van der Waals surface area (Å²) >= 11 is 5.08. The average Bonchev–Trinajstić information content (AvgIpc) is 3.12. The number of carbonyl (C=O) groups is 1. The third kappa shape index (κ3) is 3.92. The van der Waals surface area contributed by atoms with Crippen LogP contribution in [0.2, 0.25) is 0 Å². The van der Waals surface area contributed by atoms with Gasteiger partial charge in [0.05, 0.1) is 18.8 Å². The van der Waals surface area contributed by atoms with Crippen molar-refractivity contribution in [3.05, 3.63) is 69.1 Å². The number of rotatable bonds is 4. The predicted molar refractivity (Wildman–Crippen MR) is 111 cm³/mol. The summed E-state index contributed by atoms with van der Waals surface area (Å²) in [4.78, 5) is 20.7. The molecule has 1 aromatic heterocycles. The van der Waals surface area contributed by atoms with Crippen molar-refractivity contribution in [3.8, 4) is 16.3 Å². The summed E-state index contributed by atoms with van der Waals surface area (Å²) in [7, 11) is 0. The Hall–Kier alpha value is -2.18. The maximum atomic E-state index is 12.8. The van der Waals surface area contributed by atoms with Crippen molar-refractivity contribution in [1.82, 2.24) is 9.88 Å². The summed E-state index contributed by atoms with van der Waals surface area (Å²) in [6, 6.07) is 15.6. The van der Waals surface area contributed by atoms with E-state index in [2.05, 4.69) is 15.9 Å². The second-order valence-electron chi connectivity index (χ2n) is 6.33. The zero-order chi connectivity index (χ0) is 18.8. The first-order valence-corrected chi connectivity index (χ1v) is 10.5. The highest BCUT2D eigenvalue weighted by Crippen LogP contribution is 2.33. The lowest BCUT2D eigenvalue weighted by atomic mass is 10.1. The van der Waals surface area contributed by atoms with E-state index in [1.165, 1.54) is 4.88 Å². The lowest BCUT2D eigenvalue weighted by Crippen LogP contribution is -2.35. The van der Waals surface area contributed by atoms with Crippen molar-refractivity contribution < 1.29 is 9.53 Å². The van der Waals surface area contributed by atoms with Gasteiger partial charge in [0.1, 0.15) is 10.8 Å². The molecule has 0 atom stereocenters. The summed E-state index contributed by atoms with van der Waals surface area (Å²) in [5.41, 5.74) is 2.92. The van der Waals surface area contributed by atoms with E-state index in [0.717, 1.165) is 38.5 Å². The molecule has 1 amide bonds. The minimum Gasteiger partial charge on any atom is -0.494 e. The molecule has 2 heterocycles. The smallest absolute Gasteiger partial charge is 0.254 e. The Kier molecular flexibility index (Phi) is 5.27. The number of ether oxygens (including phenoxy) is 1. The molecule has 0 spiro atoms. The minimum atomic E-state index is 0.0733. The highest BCUT2D eigenvalue weighted by molar-refractivity contribution is 9.10. The van der Waals surface area contributed by atoms with Crippen LogP contribution in [-0.2, 0) is 13.0 Å². The second-order valence-corrected chi connectivity index (χ2v) is 8.33. The number of aromatic nitrogens is 1. The fraction of sp³-hybridized carbons (Fsp3) is 0.238. The predicted octanol–water partition coefficient (Wildman–Crippen LogP) is 5.17. The molecule has 0 unspecified atom stereocenters. The quantitative estimate of drug-likeness (QED) is 0.559. The highest BCUT2D eigenvalue weighted by atomic mass is 79.9. The topological polar surface area (TPSA) is 42.4 Å². The average molecular weight is 443 g/mol. The van der Waals surface area contributed by atoms with Gasteiger partial charge >= 0.3 is 0 Å². The summed E-state index contributed by atoms with van der Waals surface area (Å²) in [5.74, 6) is 0.943. The Morgan fingerprint density at radius 2 is 1.93 bits per heavy atom. The Morgan fingerprint density at radius 1 is 1.19 bits per heavy atom. The molecule has 27 heavy (non-hydrogen) atoms. The van der Waals surface area contributed by atoms with Crippen LogP contribution in [0.3, 0.4) is 0 Å². The van der Waals surface area contributed by atoms with E-state index >= 15 is 0 Å². The molecule has 138 valence electrons. The molecule has 0 N–H and O–H groups in total. The molecule has 6 heteroatoms. The number of carbonyl (C=O) groups excluding carboxylic acids is 1. The summed E-state index contributed by atoms with van der Waals surface area (Å²) in [6.45, 7) is 3.96. The molecule has 4 rings (SSSR count). The standard InChI is InChI=1S/C21H19BrN2O2S/c1-2-26-17-9-5-14(6-10-17)20-23-18-11-12-24(13-19(18)27-20)21(25)15-3-7-16(22)8-4-15/h3-10H,2,11-13H2,1H3. The molecular weight excluding hydrogens is 424 g/mol. The number of amides is 1. The Morgan fingerprint density at radius 3 is 2.63 bits per heavy atom. The fourth-order valence-corrected chi connectivity index (χ4v) is 4.52. The number of halogens is 1. The lowest BCUT2D eigenvalue weighted by molar-refractivity contribution is 0.0736. The van der Waals surface area contributed by atoms with Crippen LogP contribution < -0.4 is 4.74 Å². The molecule has 0 aliphatic carbocycles. The van der Waals surface area contributed by atoms with Crippen molar-refractivity contribution in [3.63, 3.8) is 0 Å². The monoisotopic (exact) mass is 442 g/mol. The lowest BCUT2D eigenvalue weighted by Gasteiger charge is -2.26. The number of nitrogens with zero attached hydrogens (tertiary/aromatic N) is 2. The molecule has 0 saturated heterocycles. The van der Waals surface area contributed by atoms with Gasteiger partial charge in [0.25, 0.3) is 5.91 Å². The van der Waals surface area contributed by atoms with Crippen LogP contribution in [0.15, 0.2) is 53.0 Å². The van der Waals surface area contributed by atoms with Crippen LogP contribution in [0, 0.1) is 0 Å².